The fourth-order valence-corrected chi connectivity index (χ4v) is 4.29. The summed E-state index contributed by atoms with van der Waals surface area (Å²) >= 11 is 0. The van der Waals surface area contributed by atoms with Gasteiger partial charge in [0.05, 0.1) is 17.9 Å². The fourth-order valence-electron chi connectivity index (χ4n) is 4.29. The molecule has 3 heterocycles. The van der Waals surface area contributed by atoms with Gasteiger partial charge in [-0.1, -0.05) is 0 Å². The Kier molecular flexibility index (Phi) is 10.2. The number of alkyl halides is 3. The Morgan fingerprint density at radius 2 is 1.73 bits per heavy atom. The van der Waals surface area contributed by atoms with Crippen molar-refractivity contribution in [3.8, 4) is 5.75 Å². The Balaban J connectivity index is 0.000000587. The minimum atomic E-state index is -5.08. The van der Waals surface area contributed by atoms with E-state index in [-0.39, 0.29) is 23.9 Å². The molecule has 1 saturated heterocycles. The van der Waals surface area contributed by atoms with E-state index in [1.165, 1.54) is 12.1 Å². The average Bonchev–Trinajstić information content (AvgIpc) is 2.89. The highest BCUT2D eigenvalue weighted by Gasteiger charge is 2.38. The Labute approximate surface area is 234 Å². The summed E-state index contributed by atoms with van der Waals surface area (Å²) < 4.78 is 64.7. The Morgan fingerprint density at radius 3 is 2.27 bits per heavy atom. The molecule has 0 aliphatic carbocycles. The van der Waals surface area contributed by atoms with E-state index in [1.54, 1.807) is 23.9 Å². The second-order valence-electron chi connectivity index (χ2n) is 10.1. The van der Waals surface area contributed by atoms with E-state index in [0.717, 1.165) is 29.1 Å². The zero-order valence-corrected chi connectivity index (χ0v) is 23.1. The SMILES string of the molecule is CC(C)Nc1nc2c(nc1N1CCC(Oc3ccc(F)cc3F)CC1)CN(C(=O)N(C)C)CC2.O=C(O)C(F)(F)F. The third kappa shape index (κ3) is 8.54. The number of ether oxygens (including phenoxy) is 1. The van der Waals surface area contributed by atoms with Crippen molar-refractivity contribution in [1.29, 1.82) is 0 Å². The minimum absolute atomic E-state index is 0.0376. The van der Waals surface area contributed by atoms with Gasteiger partial charge in [-0.25, -0.2) is 28.3 Å². The van der Waals surface area contributed by atoms with Crippen LogP contribution in [0.3, 0.4) is 0 Å². The average molecular weight is 589 g/mol. The summed E-state index contributed by atoms with van der Waals surface area (Å²) in [7, 11) is 3.49. The Morgan fingerprint density at radius 1 is 1.10 bits per heavy atom. The zero-order chi connectivity index (χ0) is 30.5. The molecule has 1 aromatic carbocycles. The van der Waals surface area contributed by atoms with Gasteiger partial charge in [-0.15, -0.1) is 0 Å². The fraction of sp³-hybridized carbons (Fsp3) is 0.538. The number of carboxylic acids is 1. The van der Waals surface area contributed by atoms with Gasteiger partial charge in [0.1, 0.15) is 11.9 Å². The summed E-state index contributed by atoms with van der Waals surface area (Å²) in [4.78, 5) is 36.7. The largest absolute Gasteiger partial charge is 0.490 e. The number of anilines is 2. The second-order valence-corrected chi connectivity index (χ2v) is 10.1. The number of halogens is 5. The summed E-state index contributed by atoms with van der Waals surface area (Å²) in [5, 5.41) is 10.5. The van der Waals surface area contributed by atoms with Crippen LogP contribution < -0.4 is 15.0 Å². The van der Waals surface area contributed by atoms with Crippen molar-refractivity contribution in [3.63, 3.8) is 0 Å². The number of urea groups is 1. The van der Waals surface area contributed by atoms with Gasteiger partial charge < -0.3 is 29.9 Å². The second kappa shape index (κ2) is 13.2. The van der Waals surface area contributed by atoms with Gasteiger partial charge in [-0.3, -0.25) is 0 Å². The molecule has 0 saturated carbocycles. The number of amides is 2. The maximum atomic E-state index is 14.0. The highest BCUT2D eigenvalue weighted by molar-refractivity contribution is 5.74. The van der Waals surface area contributed by atoms with Crippen molar-refractivity contribution in [2.75, 3.05) is 43.9 Å². The highest BCUT2D eigenvalue weighted by atomic mass is 19.4. The standard InChI is InChI=1S/C24H32F2N6O2.C2HF3O2/c1-15(2)27-22-23(29-20-14-32(24(33)30(3)4)12-9-19(20)28-22)31-10-7-17(8-11-31)34-21-6-5-16(25)13-18(21)26;3-2(4,5)1(6)7/h5-6,13,15,17H,7-12,14H2,1-4H3,(H,27,28);(H,6,7). The number of carboxylic acid groups (broad SMARTS) is 1. The summed E-state index contributed by atoms with van der Waals surface area (Å²) in [6.45, 7) is 6.47. The molecule has 4 rings (SSSR count). The van der Waals surface area contributed by atoms with Crippen LogP contribution in [0.25, 0.3) is 0 Å². The van der Waals surface area contributed by atoms with Gasteiger partial charge in [0.2, 0.25) is 0 Å². The maximum absolute atomic E-state index is 14.0. The number of nitrogens with one attached hydrogen (secondary N) is 1. The molecule has 0 spiro atoms. The molecule has 1 fully saturated rings. The lowest BCUT2D eigenvalue weighted by molar-refractivity contribution is -0.192. The van der Waals surface area contributed by atoms with E-state index in [9.17, 15) is 26.7 Å². The first-order valence-corrected chi connectivity index (χ1v) is 12.9. The number of nitrogens with zero attached hydrogens (tertiary/aromatic N) is 5. The molecule has 41 heavy (non-hydrogen) atoms. The van der Waals surface area contributed by atoms with E-state index >= 15 is 0 Å². The Hall–Kier alpha value is -3.91. The summed E-state index contributed by atoms with van der Waals surface area (Å²) in [5.41, 5.74) is 1.73. The van der Waals surface area contributed by atoms with Gasteiger partial charge in [0.25, 0.3) is 0 Å². The molecule has 0 atom stereocenters. The number of aromatic nitrogens is 2. The summed E-state index contributed by atoms with van der Waals surface area (Å²) in [6.07, 6.45) is -3.26. The lowest BCUT2D eigenvalue weighted by Crippen LogP contribution is -2.43. The number of rotatable bonds is 5. The molecule has 10 nitrogen and oxygen atoms in total. The number of carbonyl (C=O) groups is 2. The van der Waals surface area contributed by atoms with Crippen LogP contribution in [0, 0.1) is 11.6 Å². The molecule has 2 aliphatic rings. The third-order valence-electron chi connectivity index (χ3n) is 6.24. The van der Waals surface area contributed by atoms with Crippen molar-refractivity contribution in [1.82, 2.24) is 19.8 Å². The topological polar surface area (TPSA) is 111 Å². The van der Waals surface area contributed by atoms with E-state index in [0.29, 0.717) is 45.4 Å². The molecule has 2 aromatic rings. The molecule has 15 heteroatoms. The van der Waals surface area contributed by atoms with Crippen LogP contribution in [0.1, 0.15) is 38.1 Å². The molecule has 2 aliphatic heterocycles. The predicted molar refractivity (Wildman–Crippen MR) is 140 cm³/mol. The van der Waals surface area contributed by atoms with Gasteiger partial charge in [0.15, 0.2) is 23.2 Å². The van der Waals surface area contributed by atoms with Crippen LogP contribution in [0.2, 0.25) is 0 Å². The van der Waals surface area contributed by atoms with Crippen LogP contribution in [0.5, 0.6) is 5.75 Å². The number of piperidine rings is 1. The predicted octanol–water partition coefficient (Wildman–Crippen LogP) is 4.30. The van der Waals surface area contributed by atoms with Gasteiger partial charge in [-0.2, -0.15) is 13.2 Å². The number of aliphatic carboxylic acids is 1. The molecule has 226 valence electrons. The van der Waals surface area contributed by atoms with Crippen molar-refractivity contribution in [2.24, 2.45) is 0 Å². The van der Waals surface area contributed by atoms with E-state index < -0.39 is 23.8 Å². The molecule has 0 unspecified atom stereocenters. The smallest absolute Gasteiger partial charge is 0.487 e. The van der Waals surface area contributed by atoms with Crippen LogP contribution in [0.15, 0.2) is 18.2 Å². The number of benzene rings is 1. The first kappa shape index (κ1) is 31.6. The Bertz CT molecular complexity index is 1240. The van der Waals surface area contributed by atoms with E-state index in [2.05, 4.69) is 24.1 Å². The van der Waals surface area contributed by atoms with Crippen LogP contribution >= 0.6 is 0 Å². The molecular formula is C26H33F5N6O4. The summed E-state index contributed by atoms with van der Waals surface area (Å²) in [5.74, 6) is -2.50. The third-order valence-corrected chi connectivity index (χ3v) is 6.24. The summed E-state index contributed by atoms with van der Waals surface area (Å²) in [6, 6.07) is 3.51. The van der Waals surface area contributed by atoms with Crippen LogP contribution in [-0.4, -0.2) is 88.9 Å². The molecular weight excluding hydrogens is 555 g/mol. The van der Waals surface area contributed by atoms with Gasteiger partial charge in [-0.05, 0) is 26.0 Å². The molecule has 0 radical (unpaired) electrons. The normalized spacial score (nSPS) is 15.6. The monoisotopic (exact) mass is 588 g/mol. The van der Waals surface area contributed by atoms with Crippen LogP contribution in [-0.2, 0) is 17.8 Å². The number of hydrogen-bond acceptors (Lipinski definition) is 7. The van der Waals surface area contributed by atoms with Crippen molar-refractivity contribution < 1.29 is 41.4 Å². The molecule has 0 bridgehead atoms. The molecule has 2 N–H and O–H groups in total. The zero-order valence-electron chi connectivity index (χ0n) is 23.1. The lowest BCUT2D eigenvalue weighted by Gasteiger charge is -2.35. The van der Waals surface area contributed by atoms with Crippen molar-refractivity contribution in [3.05, 3.63) is 41.2 Å². The molecule has 1 aromatic heterocycles. The molecule has 2 amide bonds. The van der Waals surface area contributed by atoms with E-state index in [4.69, 9.17) is 24.6 Å². The van der Waals surface area contributed by atoms with E-state index in [1.807, 2.05) is 0 Å². The number of fused-ring (bicyclic) bond motifs is 1. The number of hydrogen-bond donors (Lipinski definition) is 2. The maximum Gasteiger partial charge on any atom is 0.490 e. The van der Waals surface area contributed by atoms with Gasteiger partial charge in [0, 0.05) is 65.1 Å². The first-order valence-electron chi connectivity index (χ1n) is 12.9. The minimum Gasteiger partial charge on any atom is -0.487 e. The quantitative estimate of drug-likeness (QED) is 0.498. The van der Waals surface area contributed by atoms with Crippen LogP contribution in [0.4, 0.5) is 38.4 Å². The first-order chi connectivity index (χ1) is 19.1. The van der Waals surface area contributed by atoms with Crippen molar-refractivity contribution in [2.45, 2.75) is 58.0 Å². The van der Waals surface area contributed by atoms with Gasteiger partial charge >= 0.3 is 18.2 Å². The lowest BCUT2D eigenvalue weighted by atomic mass is 10.1. The van der Waals surface area contributed by atoms with Crippen molar-refractivity contribution >= 4 is 23.6 Å². The highest BCUT2D eigenvalue weighted by Crippen LogP contribution is 2.31. The number of carbonyl (C=O) groups excluding carboxylic acids is 1.